The summed E-state index contributed by atoms with van der Waals surface area (Å²) in [6.45, 7) is -0.141. The van der Waals surface area contributed by atoms with E-state index >= 15 is 0 Å². The zero-order valence-electron chi connectivity index (χ0n) is 14.7. The highest BCUT2D eigenvalue weighted by atomic mass is 79.9. The third-order valence-electron chi connectivity index (χ3n) is 4.28. The van der Waals surface area contributed by atoms with Crippen LogP contribution in [-0.2, 0) is 4.79 Å². The number of aromatic nitrogens is 1. The summed E-state index contributed by atoms with van der Waals surface area (Å²) in [4.78, 5) is 21.7. The highest BCUT2D eigenvalue weighted by Crippen LogP contribution is 2.29. The van der Waals surface area contributed by atoms with Gasteiger partial charge in [0, 0.05) is 16.1 Å². The molecule has 28 heavy (non-hydrogen) atoms. The van der Waals surface area contributed by atoms with E-state index in [-0.39, 0.29) is 12.5 Å². The van der Waals surface area contributed by atoms with E-state index in [9.17, 15) is 9.90 Å². The molecule has 2 N–H and O–H groups in total. The van der Waals surface area contributed by atoms with Gasteiger partial charge in [-0.25, -0.2) is 0 Å². The van der Waals surface area contributed by atoms with Crippen molar-refractivity contribution in [2.45, 2.75) is 6.04 Å². The van der Waals surface area contributed by atoms with E-state index in [1.807, 2.05) is 60.7 Å². The van der Waals surface area contributed by atoms with Gasteiger partial charge >= 0.3 is 0 Å². The fraction of sp³-hybridized carbons (Fsp3) is 0.0952. The number of carbonyl (C=O) groups excluding carboxylic acids is 1. The second-order valence-corrected chi connectivity index (χ2v) is 8.15. The molecule has 5 nitrogen and oxygen atoms in total. The number of nitrogens with zero attached hydrogens (tertiary/aromatic N) is 2. The normalized spacial score (nSPS) is 18.0. The largest absolute Gasteiger partial charge is 0.394 e. The Kier molecular flexibility index (Phi) is 5.57. The van der Waals surface area contributed by atoms with Crippen molar-refractivity contribution in [3.63, 3.8) is 0 Å². The van der Waals surface area contributed by atoms with E-state index in [2.05, 4.69) is 31.2 Å². The van der Waals surface area contributed by atoms with Crippen LogP contribution in [0.3, 0.4) is 0 Å². The van der Waals surface area contributed by atoms with Gasteiger partial charge in [0.25, 0.3) is 5.91 Å². The zero-order chi connectivity index (χ0) is 19.5. The third kappa shape index (κ3) is 4.16. The Morgan fingerprint density at radius 2 is 2.04 bits per heavy atom. The third-order valence-corrected chi connectivity index (χ3v) is 5.73. The Labute approximate surface area is 174 Å². The molecule has 0 spiro atoms. The number of pyridine rings is 1. The lowest BCUT2D eigenvalue weighted by Crippen LogP contribution is -2.21. The second-order valence-electron chi connectivity index (χ2n) is 6.20. The van der Waals surface area contributed by atoms with Crippen LogP contribution in [0.1, 0.15) is 17.2 Å². The molecule has 1 aromatic heterocycles. The molecular formula is C21H16BrN3O2S. The molecule has 0 saturated carbocycles. The molecule has 1 aliphatic heterocycles. The number of fused-ring (bicyclic) bond motifs is 1. The SMILES string of the molecule is O=C1NC(=NC(CO)c2ccc(Br)cc2)SC1=Cc1ccc2ncccc2c1. The first kappa shape index (κ1) is 18.9. The average Bonchev–Trinajstić information content (AvgIpc) is 3.05. The maximum atomic E-state index is 12.3. The summed E-state index contributed by atoms with van der Waals surface area (Å²) in [5.41, 5.74) is 2.72. The van der Waals surface area contributed by atoms with Gasteiger partial charge in [0.05, 0.1) is 17.0 Å². The highest BCUT2D eigenvalue weighted by molar-refractivity contribution is 9.10. The number of aliphatic hydroxyl groups excluding tert-OH is 1. The van der Waals surface area contributed by atoms with E-state index in [1.165, 1.54) is 11.8 Å². The number of rotatable bonds is 4. The summed E-state index contributed by atoms with van der Waals surface area (Å²) in [5.74, 6) is -0.192. The smallest absolute Gasteiger partial charge is 0.264 e. The molecule has 140 valence electrons. The lowest BCUT2D eigenvalue weighted by Gasteiger charge is -2.10. The van der Waals surface area contributed by atoms with Crippen LogP contribution < -0.4 is 5.32 Å². The van der Waals surface area contributed by atoms with Crippen molar-refractivity contribution in [2.75, 3.05) is 6.61 Å². The number of carbonyl (C=O) groups is 1. The molecule has 3 aromatic rings. The Morgan fingerprint density at radius 1 is 1.21 bits per heavy atom. The van der Waals surface area contributed by atoms with Gasteiger partial charge in [-0.2, -0.15) is 0 Å². The topological polar surface area (TPSA) is 74.6 Å². The molecule has 2 aromatic carbocycles. The number of amidine groups is 1. The number of halogens is 1. The molecule has 4 rings (SSSR count). The van der Waals surface area contributed by atoms with Crippen LogP contribution in [-0.4, -0.2) is 27.8 Å². The number of hydrogen-bond acceptors (Lipinski definition) is 5. The molecule has 1 saturated heterocycles. The average molecular weight is 454 g/mol. The maximum absolute atomic E-state index is 12.3. The molecule has 1 aliphatic rings. The Morgan fingerprint density at radius 3 is 2.82 bits per heavy atom. The minimum atomic E-state index is -0.429. The number of aliphatic imine (C=N–C) groups is 1. The standard InChI is InChI=1S/C21H16BrN3O2S/c22-16-6-4-14(5-7-16)18(12-26)24-21-25-20(27)19(28-21)11-13-3-8-17-15(10-13)2-1-9-23-17/h1-11,18,26H,12H2,(H,24,25,27). The lowest BCUT2D eigenvalue weighted by molar-refractivity contribution is -0.115. The molecule has 0 aliphatic carbocycles. The fourth-order valence-corrected chi connectivity index (χ4v) is 4.01. The summed E-state index contributed by atoms with van der Waals surface area (Å²) < 4.78 is 0.958. The summed E-state index contributed by atoms with van der Waals surface area (Å²) in [7, 11) is 0. The molecule has 0 radical (unpaired) electrons. The molecule has 7 heteroatoms. The number of nitrogens with one attached hydrogen (secondary N) is 1. The number of aliphatic hydroxyl groups is 1. The van der Waals surface area contributed by atoms with Crippen molar-refractivity contribution in [2.24, 2.45) is 4.99 Å². The maximum Gasteiger partial charge on any atom is 0.264 e. The van der Waals surface area contributed by atoms with E-state index in [4.69, 9.17) is 0 Å². The van der Waals surface area contributed by atoms with Gasteiger partial charge in [0.15, 0.2) is 5.17 Å². The number of amides is 1. The molecule has 2 heterocycles. The quantitative estimate of drug-likeness (QED) is 0.577. The minimum absolute atomic E-state index is 0.141. The van der Waals surface area contributed by atoms with Crippen LogP contribution in [0, 0.1) is 0 Å². The van der Waals surface area contributed by atoms with Crippen LogP contribution in [0.5, 0.6) is 0 Å². The summed E-state index contributed by atoms with van der Waals surface area (Å²) in [6.07, 6.45) is 3.59. The molecule has 1 fully saturated rings. The van der Waals surface area contributed by atoms with Crippen molar-refractivity contribution in [1.29, 1.82) is 0 Å². The van der Waals surface area contributed by atoms with Crippen molar-refractivity contribution in [3.05, 3.63) is 81.3 Å². The Balaban J connectivity index is 1.57. The summed E-state index contributed by atoms with van der Waals surface area (Å²) in [6, 6.07) is 16.9. The van der Waals surface area contributed by atoms with Crippen LogP contribution in [0.4, 0.5) is 0 Å². The van der Waals surface area contributed by atoms with Gasteiger partial charge in [-0.3, -0.25) is 14.8 Å². The highest BCUT2D eigenvalue weighted by Gasteiger charge is 2.25. The lowest BCUT2D eigenvalue weighted by atomic mass is 10.1. The first-order valence-corrected chi connectivity index (χ1v) is 10.2. The van der Waals surface area contributed by atoms with Crippen molar-refractivity contribution in [1.82, 2.24) is 10.3 Å². The van der Waals surface area contributed by atoms with Gasteiger partial charge < -0.3 is 10.4 Å². The summed E-state index contributed by atoms with van der Waals surface area (Å²) in [5, 5.41) is 14.0. The second kappa shape index (κ2) is 8.26. The molecule has 0 bridgehead atoms. The predicted molar refractivity (Wildman–Crippen MR) is 117 cm³/mol. The van der Waals surface area contributed by atoms with Crippen molar-refractivity contribution < 1.29 is 9.90 Å². The molecule has 1 atom stereocenters. The van der Waals surface area contributed by atoms with Gasteiger partial charge in [-0.1, -0.05) is 40.2 Å². The first-order valence-electron chi connectivity index (χ1n) is 8.62. The van der Waals surface area contributed by atoms with Crippen LogP contribution in [0.2, 0.25) is 0 Å². The monoisotopic (exact) mass is 453 g/mol. The zero-order valence-corrected chi connectivity index (χ0v) is 17.1. The number of thioether (sulfide) groups is 1. The molecule has 1 unspecified atom stereocenters. The number of benzene rings is 2. The minimum Gasteiger partial charge on any atom is -0.394 e. The van der Waals surface area contributed by atoms with Crippen LogP contribution in [0.25, 0.3) is 17.0 Å². The van der Waals surface area contributed by atoms with Gasteiger partial charge in [-0.05, 0) is 59.3 Å². The van der Waals surface area contributed by atoms with Crippen LogP contribution >= 0.6 is 27.7 Å². The van der Waals surface area contributed by atoms with E-state index in [0.29, 0.717) is 10.1 Å². The van der Waals surface area contributed by atoms with E-state index < -0.39 is 6.04 Å². The first-order chi connectivity index (χ1) is 13.6. The molecule has 1 amide bonds. The Hall–Kier alpha value is -2.48. The number of hydrogen-bond donors (Lipinski definition) is 2. The van der Waals surface area contributed by atoms with Gasteiger partial charge in [0.2, 0.25) is 0 Å². The Bertz CT molecular complexity index is 1100. The summed E-state index contributed by atoms with van der Waals surface area (Å²) >= 11 is 4.67. The van der Waals surface area contributed by atoms with E-state index in [1.54, 1.807) is 6.20 Å². The van der Waals surface area contributed by atoms with Crippen molar-refractivity contribution in [3.8, 4) is 0 Å². The van der Waals surface area contributed by atoms with E-state index in [0.717, 1.165) is 26.5 Å². The molecular weight excluding hydrogens is 438 g/mol. The van der Waals surface area contributed by atoms with Crippen LogP contribution in [0.15, 0.2) is 75.2 Å². The predicted octanol–water partition coefficient (Wildman–Crippen LogP) is 4.29. The fourth-order valence-electron chi connectivity index (χ4n) is 2.87. The van der Waals surface area contributed by atoms with Gasteiger partial charge in [-0.15, -0.1) is 0 Å². The van der Waals surface area contributed by atoms with Gasteiger partial charge in [0.1, 0.15) is 6.04 Å². The van der Waals surface area contributed by atoms with Crippen molar-refractivity contribution >= 4 is 55.7 Å².